The molecule has 0 atom stereocenters. The predicted octanol–water partition coefficient (Wildman–Crippen LogP) is 4.10. The first-order chi connectivity index (χ1) is 9.79. The van der Waals surface area contributed by atoms with Crippen molar-refractivity contribution in [3.63, 3.8) is 0 Å². The highest BCUT2D eigenvalue weighted by atomic mass is 35.5. The number of hydrogen-bond acceptors (Lipinski definition) is 3. The van der Waals surface area contributed by atoms with Gasteiger partial charge in [0, 0.05) is 23.3 Å². The minimum absolute atomic E-state index is 0.719. The molecule has 4 nitrogen and oxygen atoms in total. The fourth-order valence-corrected chi connectivity index (χ4v) is 2.41. The third kappa shape index (κ3) is 2.34. The van der Waals surface area contributed by atoms with Crippen LogP contribution in [0.4, 0.5) is 5.82 Å². The molecule has 0 radical (unpaired) electrons. The van der Waals surface area contributed by atoms with Crippen LogP contribution in [0.2, 0.25) is 5.02 Å². The van der Waals surface area contributed by atoms with E-state index >= 15 is 0 Å². The van der Waals surface area contributed by atoms with Gasteiger partial charge in [0.15, 0.2) is 0 Å². The van der Waals surface area contributed by atoms with Gasteiger partial charge in [-0.15, -0.1) is 0 Å². The molecular formula is C15H15ClN4. The molecule has 0 bridgehead atoms. The molecule has 0 aliphatic rings. The molecule has 0 fully saturated rings. The molecule has 0 amide bonds. The summed E-state index contributed by atoms with van der Waals surface area (Å²) in [6.07, 6.45) is 4.56. The van der Waals surface area contributed by atoms with Gasteiger partial charge < -0.3 is 10.3 Å². The molecule has 5 heteroatoms. The van der Waals surface area contributed by atoms with E-state index in [2.05, 4.69) is 27.2 Å². The molecule has 0 aliphatic heterocycles. The molecule has 102 valence electrons. The van der Waals surface area contributed by atoms with Crippen molar-refractivity contribution in [1.82, 2.24) is 15.0 Å². The van der Waals surface area contributed by atoms with Crippen molar-refractivity contribution in [2.75, 3.05) is 11.9 Å². The van der Waals surface area contributed by atoms with E-state index in [1.165, 1.54) is 0 Å². The number of aromatic amines is 1. The Morgan fingerprint density at radius 3 is 3.00 bits per heavy atom. The molecule has 1 aromatic carbocycles. The van der Waals surface area contributed by atoms with Crippen LogP contribution in [-0.2, 0) is 0 Å². The first-order valence-corrected chi connectivity index (χ1v) is 6.99. The quantitative estimate of drug-likeness (QED) is 0.759. The Morgan fingerprint density at radius 1 is 1.30 bits per heavy atom. The Balaban J connectivity index is 2.16. The predicted molar refractivity (Wildman–Crippen MR) is 83.1 cm³/mol. The second-order valence-electron chi connectivity index (χ2n) is 4.59. The number of benzene rings is 1. The summed E-state index contributed by atoms with van der Waals surface area (Å²) in [6, 6.07) is 7.79. The molecule has 2 aromatic heterocycles. The molecule has 0 saturated heterocycles. The number of aromatic nitrogens is 3. The summed E-state index contributed by atoms with van der Waals surface area (Å²) in [7, 11) is 0. The summed E-state index contributed by atoms with van der Waals surface area (Å²) >= 11 is 6.08. The summed E-state index contributed by atoms with van der Waals surface area (Å²) < 4.78 is 0. The van der Waals surface area contributed by atoms with E-state index in [4.69, 9.17) is 11.6 Å². The molecule has 0 saturated carbocycles. The summed E-state index contributed by atoms with van der Waals surface area (Å²) in [6.45, 7) is 3.01. The van der Waals surface area contributed by atoms with Crippen LogP contribution in [0, 0.1) is 0 Å². The number of nitrogens with one attached hydrogen (secondary N) is 2. The minimum Gasteiger partial charge on any atom is -0.369 e. The minimum atomic E-state index is 0.719. The van der Waals surface area contributed by atoms with E-state index < -0.39 is 0 Å². The first-order valence-electron chi connectivity index (χ1n) is 6.61. The summed E-state index contributed by atoms with van der Waals surface area (Å²) in [5.41, 5.74) is 2.94. The highest BCUT2D eigenvalue weighted by Crippen LogP contribution is 2.32. The van der Waals surface area contributed by atoms with Crippen LogP contribution in [0.3, 0.4) is 0 Å². The Kier molecular flexibility index (Phi) is 3.56. The van der Waals surface area contributed by atoms with Gasteiger partial charge in [0.2, 0.25) is 0 Å². The molecule has 20 heavy (non-hydrogen) atoms. The van der Waals surface area contributed by atoms with Gasteiger partial charge in [-0.3, -0.25) is 0 Å². The second kappa shape index (κ2) is 5.51. The van der Waals surface area contributed by atoms with Crippen LogP contribution in [0.1, 0.15) is 13.3 Å². The zero-order valence-corrected chi connectivity index (χ0v) is 11.9. The molecule has 3 rings (SSSR count). The van der Waals surface area contributed by atoms with Crippen molar-refractivity contribution in [1.29, 1.82) is 0 Å². The lowest BCUT2D eigenvalue weighted by Crippen LogP contribution is -2.02. The highest BCUT2D eigenvalue weighted by molar-refractivity contribution is 6.30. The molecule has 3 aromatic rings. The third-order valence-electron chi connectivity index (χ3n) is 3.15. The van der Waals surface area contributed by atoms with E-state index in [1.54, 1.807) is 6.33 Å². The van der Waals surface area contributed by atoms with Crippen LogP contribution in [0.5, 0.6) is 0 Å². The lowest BCUT2D eigenvalue weighted by atomic mass is 10.1. The number of anilines is 1. The first kappa shape index (κ1) is 12.9. The maximum atomic E-state index is 6.08. The number of H-pyrrole nitrogens is 1. The normalized spacial score (nSPS) is 10.9. The van der Waals surface area contributed by atoms with E-state index in [0.29, 0.717) is 0 Å². The Labute approximate surface area is 122 Å². The fraction of sp³-hybridized carbons (Fsp3) is 0.200. The lowest BCUT2D eigenvalue weighted by molar-refractivity contribution is 0.969. The lowest BCUT2D eigenvalue weighted by Gasteiger charge is -2.07. The van der Waals surface area contributed by atoms with Crippen LogP contribution in [0.25, 0.3) is 22.2 Å². The average molecular weight is 287 g/mol. The number of hydrogen-bond donors (Lipinski definition) is 2. The van der Waals surface area contributed by atoms with Crippen molar-refractivity contribution in [3.8, 4) is 11.1 Å². The van der Waals surface area contributed by atoms with Gasteiger partial charge in [-0.2, -0.15) is 0 Å². The summed E-state index contributed by atoms with van der Waals surface area (Å²) in [5, 5.41) is 5.07. The number of nitrogens with zero attached hydrogens (tertiary/aromatic N) is 2. The highest BCUT2D eigenvalue weighted by Gasteiger charge is 2.12. The Hall–Kier alpha value is -2.07. The average Bonchev–Trinajstić information content (AvgIpc) is 2.89. The van der Waals surface area contributed by atoms with Crippen LogP contribution < -0.4 is 5.32 Å². The Bertz CT molecular complexity index is 736. The summed E-state index contributed by atoms with van der Waals surface area (Å²) in [5.74, 6) is 0.855. The van der Waals surface area contributed by atoms with Crippen molar-refractivity contribution < 1.29 is 0 Å². The molecule has 0 aliphatic carbocycles. The van der Waals surface area contributed by atoms with Gasteiger partial charge in [0.25, 0.3) is 0 Å². The molecule has 0 unspecified atom stereocenters. The van der Waals surface area contributed by atoms with Crippen molar-refractivity contribution in [3.05, 3.63) is 41.8 Å². The molecule has 2 N–H and O–H groups in total. The van der Waals surface area contributed by atoms with E-state index in [9.17, 15) is 0 Å². The van der Waals surface area contributed by atoms with Gasteiger partial charge in [-0.1, -0.05) is 30.7 Å². The standard InChI is InChI=1S/C15H15ClN4/c1-2-6-17-14-13-12(8-18-15(13)20-9-19-14)10-4-3-5-11(16)7-10/h3-5,7-9H,2,6H2,1H3,(H2,17,18,19,20). The number of fused-ring (bicyclic) bond motifs is 1. The third-order valence-corrected chi connectivity index (χ3v) is 3.38. The Morgan fingerprint density at radius 2 is 2.20 bits per heavy atom. The fourth-order valence-electron chi connectivity index (χ4n) is 2.22. The molecule has 0 spiro atoms. The van der Waals surface area contributed by atoms with Gasteiger partial charge in [-0.25, -0.2) is 9.97 Å². The van der Waals surface area contributed by atoms with Crippen molar-refractivity contribution in [2.45, 2.75) is 13.3 Å². The van der Waals surface area contributed by atoms with Gasteiger partial charge >= 0.3 is 0 Å². The largest absolute Gasteiger partial charge is 0.369 e. The number of rotatable bonds is 4. The van der Waals surface area contributed by atoms with E-state index in [0.717, 1.165) is 46.0 Å². The smallest absolute Gasteiger partial charge is 0.143 e. The van der Waals surface area contributed by atoms with Crippen molar-refractivity contribution >= 4 is 28.5 Å². The van der Waals surface area contributed by atoms with Crippen molar-refractivity contribution in [2.24, 2.45) is 0 Å². The molecular weight excluding hydrogens is 272 g/mol. The van der Waals surface area contributed by atoms with Gasteiger partial charge in [0.05, 0.1) is 5.39 Å². The SMILES string of the molecule is CCCNc1ncnc2[nH]cc(-c3cccc(Cl)c3)c12. The molecule has 2 heterocycles. The zero-order chi connectivity index (χ0) is 13.9. The maximum Gasteiger partial charge on any atom is 0.143 e. The van der Waals surface area contributed by atoms with Gasteiger partial charge in [0.1, 0.15) is 17.8 Å². The second-order valence-corrected chi connectivity index (χ2v) is 5.02. The van der Waals surface area contributed by atoms with E-state index in [1.807, 2.05) is 30.5 Å². The number of halogens is 1. The monoisotopic (exact) mass is 286 g/mol. The zero-order valence-electron chi connectivity index (χ0n) is 11.2. The van der Waals surface area contributed by atoms with Crippen LogP contribution in [0.15, 0.2) is 36.8 Å². The van der Waals surface area contributed by atoms with Crippen LogP contribution in [-0.4, -0.2) is 21.5 Å². The van der Waals surface area contributed by atoms with Gasteiger partial charge in [-0.05, 0) is 24.1 Å². The van der Waals surface area contributed by atoms with E-state index in [-0.39, 0.29) is 0 Å². The topological polar surface area (TPSA) is 53.6 Å². The van der Waals surface area contributed by atoms with Crippen LogP contribution >= 0.6 is 11.6 Å². The summed E-state index contributed by atoms with van der Waals surface area (Å²) in [4.78, 5) is 11.8. The maximum absolute atomic E-state index is 6.08.